The maximum absolute atomic E-state index is 13.3. The number of nitrogens with zero attached hydrogens (tertiary/aromatic N) is 6. The molecule has 0 spiro atoms. The molecule has 0 aliphatic carbocycles. The third kappa shape index (κ3) is 6.60. The van der Waals surface area contributed by atoms with Crippen molar-refractivity contribution in [3.05, 3.63) is 52.6 Å². The van der Waals surface area contributed by atoms with E-state index in [9.17, 15) is 14.4 Å². The van der Waals surface area contributed by atoms with Crippen molar-refractivity contribution >= 4 is 34.8 Å². The molecule has 1 aromatic carbocycles. The van der Waals surface area contributed by atoms with Crippen LogP contribution in [-0.2, 0) is 24.4 Å². The fraction of sp³-hybridized carbons (Fsp3) is 0.429. The van der Waals surface area contributed by atoms with E-state index in [-0.39, 0.29) is 30.6 Å². The topological polar surface area (TPSA) is 187 Å². The van der Waals surface area contributed by atoms with Gasteiger partial charge in [0.2, 0.25) is 11.9 Å². The number of esters is 1. The van der Waals surface area contributed by atoms with Gasteiger partial charge in [-0.3, -0.25) is 24.3 Å². The summed E-state index contributed by atoms with van der Waals surface area (Å²) in [5.74, 6) is -0.979. The van der Waals surface area contributed by atoms with E-state index in [4.69, 9.17) is 20.9 Å². The minimum atomic E-state index is -0.665. The van der Waals surface area contributed by atoms with Gasteiger partial charge >= 0.3 is 5.97 Å². The van der Waals surface area contributed by atoms with Gasteiger partial charge in [0.05, 0.1) is 16.9 Å². The molecule has 0 aliphatic rings. The van der Waals surface area contributed by atoms with Gasteiger partial charge in [0.15, 0.2) is 0 Å². The molecule has 2 amide bonds. The third-order valence-corrected chi connectivity index (χ3v) is 6.57. The van der Waals surface area contributed by atoms with Crippen molar-refractivity contribution in [2.75, 3.05) is 25.1 Å². The molecule has 0 atom stereocenters. The highest BCUT2D eigenvalue weighted by atomic mass is 16.6. The van der Waals surface area contributed by atoms with Crippen molar-refractivity contribution in [2.24, 2.45) is 11.5 Å². The van der Waals surface area contributed by atoms with Crippen LogP contribution in [0.3, 0.4) is 0 Å². The Morgan fingerprint density at radius 2 is 1.60 bits per heavy atom. The van der Waals surface area contributed by atoms with Crippen LogP contribution in [0.1, 0.15) is 69.4 Å². The molecule has 0 bridgehead atoms. The smallest absolute Gasteiger partial charge is 0.356 e. The lowest BCUT2D eigenvalue weighted by atomic mass is 10.1. The number of rotatable bonds is 14. The Hall–Kier alpha value is -4.72. The van der Waals surface area contributed by atoms with Crippen molar-refractivity contribution in [2.45, 2.75) is 60.2 Å². The number of aromatic nitrogens is 6. The molecule has 14 nitrogen and oxygen atoms in total. The summed E-state index contributed by atoms with van der Waals surface area (Å²) in [6, 6.07) is 6.44. The number of hydrogen-bond acceptors (Lipinski definition) is 9. The van der Waals surface area contributed by atoms with Gasteiger partial charge in [-0.2, -0.15) is 10.2 Å². The van der Waals surface area contributed by atoms with E-state index in [0.29, 0.717) is 66.5 Å². The number of anilines is 1. The Kier molecular flexibility index (Phi) is 9.57. The van der Waals surface area contributed by atoms with E-state index >= 15 is 0 Å². The zero-order valence-corrected chi connectivity index (χ0v) is 24.3. The summed E-state index contributed by atoms with van der Waals surface area (Å²) in [6.07, 6.45) is 1.45. The van der Waals surface area contributed by atoms with Crippen molar-refractivity contribution in [3.8, 4) is 5.75 Å². The second kappa shape index (κ2) is 13.3. The number of amides is 2. The summed E-state index contributed by atoms with van der Waals surface area (Å²) < 4.78 is 16.4. The number of nitrogens with two attached hydrogens (primary N) is 2. The lowest BCUT2D eigenvalue weighted by molar-refractivity contribution is 0.0437. The average molecular weight is 580 g/mol. The van der Waals surface area contributed by atoms with Gasteiger partial charge in [0.25, 0.3) is 5.91 Å². The fourth-order valence-electron chi connectivity index (χ4n) is 4.66. The van der Waals surface area contributed by atoms with Crippen molar-refractivity contribution in [1.82, 2.24) is 29.1 Å². The minimum absolute atomic E-state index is 0.00701. The van der Waals surface area contributed by atoms with Crippen LogP contribution in [0.4, 0.5) is 5.95 Å². The van der Waals surface area contributed by atoms with Gasteiger partial charge in [-0.05, 0) is 71.3 Å². The largest absolute Gasteiger partial charge is 0.488 e. The van der Waals surface area contributed by atoms with Gasteiger partial charge in [0.1, 0.15) is 35.9 Å². The fourth-order valence-corrected chi connectivity index (χ4v) is 4.66. The molecule has 4 aromatic rings. The molecule has 5 N–H and O–H groups in total. The van der Waals surface area contributed by atoms with Crippen LogP contribution in [0.25, 0.3) is 11.0 Å². The number of fused-ring (bicyclic) bond motifs is 1. The normalized spacial score (nSPS) is 11.2. The highest BCUT2D eigenvalue weighted by Crippen LogP contribution is 2.31. The molecular formula is C28H37N9O5. The van der Waals surface area contributed by atoms with Crippen LogP contribution in [-0.4, -0.2) is 66.7 Å². The van der Waals surface area contributed by atoms with Crippen molar-refractivity contribution in [3.63, 3.8) is 0 Å². The van der Waals surface area contributed by atoms with Crippen molar-refractivity contribution < 1.29 is 23.9 Å². The number of nitrogens with one attached hydrogen (secondary N) is 1. The summed E-state index contributed by atoms with van der Waals surface area (Å²) in [5.41, 5.74) is 14.6. The Balaban J connectivity index is 1.63. The first kappa shape index (κ1) is 30.2. The molecule has 14 heteroatoms. The van der Waals surface area contributed by atoms with Gasteiger partial charge in [0, 0.05) is 25.2 Å². The summed E-state index contributed by atoms with van der Waals surface area (Å²) in [4.78, 5) is 42.6. The number of imidazole rings is 1. The molecule has 0 fully saturated rings. The molecule has 3 aromatic heterocycles. The van der Waals surface area contributed by atoms with Crippen LogP contribution in [0.5, 0.6) is 5.75 Å². The standard InChI is InChI=1S/C28H37N9O5/c1-5-36-21(13-17(3)33-36)26(39)32-28-31-20-15-19(25(30)38)16-23(24(20)35(28)10-8-7-9-29)41-11-12-42-27(40)22-14-18(4)34-37(22)6-2/h13-16H,5-12,29H2,1-4H3,(H2,30,38)(H,31,32,39). The highest BCUT2D eigenvalue weighted by Gasteiger charge is 2.22. The molecular weight excluding hydrogens is 542 g/mol. The second-order valence-electron chi connectivity index (χ2n) is 9.70. The maximum atomic E-state index is 13.3. The Bertz CT molecular complexity index is 1600. The summed E-state index contributed by atoms with van der Waals surface area (Å²) in [7, 11) is 0. The number of carbonyl (C=O) groups excluding carboxylic acids is 3. The number of hydrogen-bond donors (Lipinski definition) is 3. The first-order chi connectivity index (χ1) is 20.2. The van der Waals surface area contributed by atoms with E-state index in [1.54, 1.807) is 34.5 Å². The predicted octanol–water partition coefficient (Wildman–Crippen LogP) is 2.41. The molecule has 42 heavy (non-hydrogen) atoms. The summed E-state index contributed by atoms with van der Waals surface area (Å²) in [6.45, 7) is 9.36. The zero-order valence-electron chi connectivity index (χ0n) is 24.3. The molecule has 3 heterocycles. The SMILES string of the molecule is CCn1nc(C)cc1C(=O)Nc1nc2cc(C(N)=O)cc(OCCOC(=O)c3cc(C)nn3CC)c2n1CCCCN. The number of aryl methyl sites for hydroxylation is 5. The Morgan fingerprint density at radius 3 is 2.24 bits per heavy atom. The van der Waals surface area contributed by atoms with E-state index in [1.807, 2.05) is 25.3 Å². The summed E-state index contributed by atoms with van der Waals surface area (Å²) in [5, 5.41) is 11.5. The zero-order chi connectivity index (χ0) is 30.4. The highest BCUT2D eigenvalue weighted by molar-refractivity contribution is 6.04. The van der Waals surface area contributed by atoms with Gasteiger partial charge in [-0.25, -0.2) is 9.78 Å². The van der Waals surface area contributed by atoms with E-state index in [0.717, 1.165) is 12.1 Å². The molecule has 0 radical (unpaired) electrons. The van der Waals surface area contributed by atoms with E-state index in [2.05, 4.69) is 20.5 Å². The Morgan fingerprint density at radius 1 is 0.929 bits per heavy atom. The summed E-state index contributed by atoms with van der Waals surface area (Å²) >= 11 is 0. The van der Waals surface area contributed by atoms with Crippen LogP contribution in [0, 0.1) is 13.8 Å². The molecule has 4 rings (SSSR count). The second-order valence-corrected chi connectivity index (χ2v) is 9.70. The molecule has 224 valence electrons. The molecule has 0 saturated heterocycles. The van der Waals surface area contributed by atoms with Gasteiger partial charge in [-0.15, -0.1) is 0 Å². The number of ether oxygens (including phenoxy) is 2. The van der Waals surface area contributed by atoms with Crippen molar-refractivity contribution in [1.29, 1.82) is 0 Å². The lowest BCUT2D eigenvalue weighted by Crippen LogP contribution is -2.20. The number of primary amides is 1. The minimum Gasteiger partial charge on any atom is -0.488 e. The maximum Gasteiger partial charge on any atom is 0.356 e. The van der Waals surface area contributed by atoms with Crippen LogP contribution in [0.15, 0.2) is 24.3 Å². The molecule has 0 saturated carbocycles. The lowest BCUT2D eigenvalue weighted by Gasteiger charge is -2.14. The van der Waals surface area contributed by atoms with Crippen LogP contribution < -0.4 is 21.5 Å². The number of unbranched alkanes of at least 4 members (excludes halogenated alkanes) is 1. The Labute approximate surface area is 242 Å². The molecule has 0 aliphatic heterocycles. The van der Waals surface area contributed by atoms with Crippen LogP contribution in [0.2, 0.25) is 0 Å². The van der Waals surface area contributed by atoms with E-state index in [1.165, 1.54) is 6.07 Å². The number of carbonyl (C=O) groups is 3. The monoisotopic (exact) mass is 579 g/mol. The average Bonchev–Trinajstić information content (AvgIpc) is 3.64. The van der Waals surface area contributed by atoms with Gasteiger partial charge < -0.3 is 25.5 Å². The predicted molar refractivity (Wildman–Crippen MR) is 156 cm³/mol. The van der Waals surface area contributed by atoms with Gasteiger partial charge in [-0.1, -0.05) is 0 Å². The van der Waals surface area contributed by atoms with Crippen LogP contribution >= 0.6 is 0 Å². The first-order valence-corrected chi connectivity index (χ1v) is 13.9. The first-order valence-electron chi connectivity index (χ1n) is 13.9. The number of benzene rings is 1. The third-order valence-electron chi connectivity index (χ3n) is 6.57. The molecule has 0 unspecified atom stereocenters. The van der Waals surface area contributed by atoms with E-state index < -0.39 is 11.9 Å². The quantitative estimate of drug-likeness (QED) is 0.149.